The van der Waals surface area contributed by atoms with Crippen molar-refractivity contribution in [2.24, 2.45) is 0 Å². The van der Waals surface area contributed by atoms with Crippen LogP contribution in [0.3, 0.4) is 0 Å². The maximum Gasteiger partial charge on any atom is 0.354 e. The van der Waals surface area contributed by atoms with Gasteiger partial charge < -0.3 is 19.0 Å². The monoisotopic (exact) mass is 352 g/mol. The number of carbonyl (C=O) groups excluding carboxylic acids is 2. The number of nitrogens with zero attached hydrogens (tertiary/aromatic N) is 1. The number of esters is 1. The fourth-order valence-corrected chi connectivity index (χ4v) is 2.68. The lowest BCUT2D eigenvalue weighted by atomic mass is 10.2. The highest BCUT2D eigenvalue weighted by Crippen LogP contribution is 2.18. The predicted octanol–water partition coefficient (Wildman–Crippen LogP) is 3.49. The van der Waals surface area contributed by atoms with Crippen LogP contribution in [0.5, 0.6) is 0 Å². The molecule has 0 aliphatic carbocycles. The third kappa shape index (κ3) is 4.42. The quantitative estimate of drug-likeness (QED) is 0.661. The highest BCUT2D eigenvalue weighted by molar-refractivity contribution is 5.94. The van der Waals surface area contributed by atoms with Crippen molar-refractivity contribution in [2.45, 2.75) is 19.4 Å². The summed E-state index contributed by atoms with van der Waals surface area (Å²) >= 11 is 0. The number of ether oxygens (including phenoxy) is 1. The summed E-state index contributed by atoms with van der Waals surface area (Å²) in [5.74, 6) is 0.170. The van der Waals surface area contributed by atoms with Gasteiger partial charge in [-0.2, -0.15) is 0 Å². The van der Waals surface area contributed by atoms with Gasteiger partial charge in [-0.1, -0.05) is 30.3 Å². The molecule has 26 heavy (non-hydrogen) atoms. The zero-order valence-corrected chi connectivity index (χ0v) is 14.5. The van der Waals surface area contributed by atoms with Gasteiger partial charge in [-0.15, -0.1) is 0 Å². The summed E-state index contributed by atoms with van der Waals surface area (Å²) in [7, 11) is 1.34. The van der Waals surface area contributed by atoms with Crippen LogP contribution in [0.15, 0.2) is 65.4 Å². The number of amides is 1. The summed E-state index contributed by atoms with van der Waals surface area (Å²) < 4.78 is 11.8. The smallest absolute Gasteiger partial charge is 0.354 e. The number of aromatic nitrogens is 1. The number of rotatable bonds is 7. The SMILES string of the molecule is COC(=O)c1cc(NC(=O)CCc2ccco2)cn1Cc1ccccc1. The van der Waals surface area contributed by atoms with E-state index >= 15 is 0 Å². The van der Waals surface area contributed by atoms with Gasteiger partial charge in [-0.05, 0) is 23.8 Å². The van der Waals surface area contributed by atoms with Gasteiger partial charge in [0.15, 0.2) is 0 Å². The van der Waals surface area contributed by atoms with Crippen LogP contribution < -0.4 is 5.32 Å². The van der Waals surface area contributed by atoms with Gasteiger partial charge in [-0.3, -0.25) is 4.79 Å². The van der Waals surface area contributed by atoms with Crippen molar-refractivity contribution in [3.63, 3.8) is 0 Å². The second kappa shape index (κ2) is 8.20. The Hall–Kier alpha value is -3.28. The largest absolute Gasteiger partial charge is 0.469 e. The van der Waals surface area contributed by atoms with Crippen molar-refractivity contribution in [1.82, 2.24) is 4.57 Å². The molecule has 2 aromatic heterocycles. The third-order valence-corrected chi connectivity index (χ3v) is 3.95. The van der Waals surface area contributed by atoms with Crippen molar-refractivity contribution >= 4 is 17.6 Å². The second-order valence-electron chi connectivity index (χ2n) is 5.85. The molecule has 0 saturated carbocycles. The van der Waals surface area contributed by atoms with Crippen LogP contribution in [-0.2, 0) is 22.5 Å². The van der Waals surface area contributed by atoms with Crippen molar-refractivity contribution in [1.29, 1.82) is 0 Å². The van der Waals surface area contributed by atoms with Crippen LogP contribution in [0.2, 0.25) is 0 Å². The highest BCUT2D eigenvalue weighted by atomic mass is 16.5. The molecular formula is C20H20N2O4. The van der Waals surface area contributed by atoms with Crippen molar-refractivity contribution < 1.29 is 18.7 Å². The average molecular weight is 352 g/mol. The fraction of sp³-hybridized carbons (Fsp3) is 0.200. The van der Waals surface area contributed by atoms with E-state index in [1.807, 2.05) is 36.4 Å². The van der Waals surface area contributed by atoms with Crippen molar-refractivity contribution in [3.8, 4) is 0 Å². The zero-order valence-electron chi connectivity index (χ0n) is 14.5. The van der Waals surface area contributed by atoms with Crippen LogP contribution >= 0.6 is 0 Å². The molecule has 6 heteroatoms. The molecule has 134 valence electrons. The van der Waals surface area contributed by atoms with Crippen LogP contribution in [0, 0.1) is 0 Å². The number of anilines is 1. The van der Waals surface area contributed by atoms with Gasteiger partial charge in [0.25, 0.3) is 0 Å². The molecule has 0 aliphatic heterocycles. The molecule has 1 amide bonds. The number of furan rings is 1. The van der Waals surface area contributed by atoms with E-state index in [4.69, 9.17) is 9.15 Å². The lowest BCUT2D eigenvalue weighted by Gasteiger charge is -2.07. The Labute approximate surface area is 151 Å². The van der Waals surface area contributed by atoms with Crippen molar-refractivity contribution in [2.75, 3.05) is 12.4 Å². The Balaban J connectivity index is 1.70. The maximum absolute atomic E-state index is 12.1. The molecule has 0 fully saturated rings. The number of methoxy groups -OCH3 is 1. The van der Waals surface area contributed by atoms with E-state index in [2.05, 4.69) is 5.32 Å². The normalized spacial score (nSPS) is 10.5. The summed E-state index contributed by atoms with van der Waals surface area (Å²) in [6.07, 6.45) is 4.14. The van der Waals surface area contributed by atoms with Gasteiger partial charge >= 0.3 is 5.97 Å². The Morgan fingerprint density at radius 1 is 1.15 bits per heavy atom. The van der Waals surface area contributed by atoms with E-state index in [1.54, 1.807) is 29.2 Å². The summed E-state index contributed by atoms with van der Waals surface area (Å²) in [4.78, 5) is 24.2. The number of aryl methyl sites for hydroxylation is 1. The first-order valence-corrected chi connectivity index (χ1v) is 8.30. The zero-order chi connectivity index (χ0) is 18.4. The molecule has 0 unspecified atom stereocenters. The maximum atomic E-state index is 12.1. The minimum Gasteiger partial charge on any atom is -0.469 e. The lowest BCUT2D eigenvalue weighted by molar-refractivity contribution is -0.116. The summed E-state index contributed by atoms with van der Waals surface area (Å²) in [5.41, 5.74) is 1.99. The summed E-state index contributed by atoms with van der Waals surface area (Å²) in [6, 6.07) is 15.0. The van der Waals surface area contributed by atoms with Crippen LogP contribution in [-0.4, -0.2) is 23.6 Å². The van der Waals surface area contributed by atoms with Gasteiger partial charge in [0.05, 0.1) is 19.1 Å². The molecule has 0 saturated heterocycles. The molecule has 3 aromatic rings. The van der Waals surface area contributed by atoms with Crippen LogP contribution in [0.25, 0.3) is 0 Å². The molecule has 0 spiro atoms. The van der Waals surface area contributed by atoms with Crippen LogP contribution in [0.1, 0.15) is 28.2 Å². The first-order valence-electron chi connectivity index (χ1n) is 8.30. The Kier molecular flexibility index (Phi) is 5.53. The molecule has 0 radical (unpaired) electrons. The summed E-state index contributed by atoms with van der Waals surface area (Å²) in [6.45, 7) is 0.507. The summed E-state index contributed by atoms with van der Waals surface area (Å²) in [5, 5.41) is 2.82. The van der Waals surface area contributed by atoms with E-state index in [1.165, 1.54) is 7.11 Å². The molecule has 0 bridgehead atoms. The van der Waals surface area contributed by atoms with E-state index in [-0.39, 0.29) is 5.91 Å². The fourth-order valence-electron chi connectivity index (χ4n) is 2.68. The highest BCUT2D eigenvalue weighted by Gasteiger charge is 2.16. The Morgan fingerprint density at radius 3 is 2.65 bits per heavy atom. The first-order chi connectivity index (χ1) is 12.7. The second-order valence-corrected chi connectivity index (χ2v) is 5.85. The minimum absolute atomic E-state index is 0.144. The molecule has 2 heterocycles. The number of carbonyl (C=O) groups is 2. The number of benzene rings is 1. The van der Waals surface area contributed by atoms with Gasteiger partial charge in [-0.25, -0.2) is 4.79 Å². The van der Waals surface area contributed by atoms with Gasteiger partial charge in [0, 0.05) is 25.6 Å². The molecular weight excluding hydrogens is 332 g/mol. The number of hydrogen-bond donors (Lipinski definition) is 1. The standard InChI is InChI=1S/C20H20N2O4/c1-25-20(24)18-12-16(14-22(18)13-15-6-3-2-4-7-15)21-19(23)10-9-17-8-5-11-26-17/h2-8,11-12,14H,9-10,13H2,1H3,(H,21,23). The number of nitrogens with one attached hydrogen (secondary N) is 1. The molecule has 3 rings (SSSR count). The Bertz CT molecular complexity index is 867. The Morgan fingerprint density at radius 2 is 1.96 bits per heavy atom. The minimum atomic E-state index is -0.447. The molecule has 6 nitrogen and oxygen atoms in total. The van der Waals surface area contributed by atoms with Crippen LogP contribution in [0.4, 0.5) is 5.69 Å². The first kappa shape index (κ1) is 17.5. The van der Waals surface area contributed by atoms with Gasteiger partial charge in [0.1, 0.15) is 11.5 Å². The molecule has 0 aliphatic rings. The topological polar surface area (TPSA) is 73.5 Å². The lowest BCUT2D eigenvalue weighted by Crippen LogP contribution is -2.11. The molecule has 0 atom stereocenters. The van der Waals surface area contributed by atoms with Crippen molar-refractivity contribution in [3.05, 3.63) is 78.0 Å². The average Bonchev–Trinajstić information content (AvgIpc) is 3.30. The van der Waals surface area contributed by atoms with E-state index in [0.29, 0.717) is 30.8 Å². The predicted molar refractivity (Wildman–Crippen MR) is 97.0 cm³/mol. The van der Waals surface area contributed by atoms with E-state index < -0.39 is 5.97 Å². The van der Waals surface area contributed by atoms with E-state index in [0.717, 1.165) is 11.3 Å². The third-order valence-electron chi connectivity index (χ3n) is 3.95. The number of hydrogen-bond acceptors (Lipinski definition) is 4. The molecule has 1 N–H and O–H groups in total. The van der Waals surface area contributed by atoms with Gasteiger partial charge in [0.2, 0.25) is 5.91 Å². The van der Waals surface area contributed by atoms with E-state index in [9.17, 15) is 9.59 Å². The molecule has 1 aromatic carbocycles.